The van der Waals surface area contributed by atoms with Gasteiger partial charge in [-0.25, -0.2) is 0 Å². The molecule has 1 atom stereocenters. The zero-order valence-corrected chi connectivity index (χ0v) is 16.9. The Morgan fingerprint density at radius 2 is 1.96 bits per heavy atom. The van der Waals surface area contributed by atoms with E-state index in [1.54, 1.807) is 7.11 Å². The van der Waals surface area contributed by atoms with Gasteiger partial charge in [-0.1, -0.05) is 18.2 Å². The number of halogens is 2. The van der Waals surface area contributed by atoms with E-state index in [4.69, 9.17) is 4.74 Å². The van der Waals surface area contributed by atoms with Gasteiger partial charge in [0.25, 0.3) is 0 Å². The number of para-hydroxylation sites is 1. The Balaban J connectivity index is 0.00000121. The lowest BCUT2D eigenvalue weighted by molar-refractivity contribution is 0.146. The SMILES string of the molecule is COc1ccccc1C1CNCCN1Cc1nnc(C2CC2)n1C.Cl.Cl. The molecule has 1 saturated carbocycles. The molecule has 4 rings (SSSR count). The number of piperazine rings is 1. The smallest absolute Gasteiger partial charge is 0.146 e. The van der Waals surface area contributed by atoms with Gasteiger partial charge in [0.15, 0.2) is 0 Å². The van der Waals surface area contributed by atoms with E-state index in [2.05, 4.69) is 44.2 Å². The van der Waals surface area contributed by atoms with Gasteiger partial charge in [-0.15, -0.1) is 35.0 Å². The van der Waals surface area contributed by atoms with E-state index < -0.39 is 0 Å². The molecular weight excluding hydrogens is 373 g/mol. The molecule has 0 amide bonds. The predicted molar refractivity (Wildman–Crippen MR) is 106 cm³/mol. The summed E-state index contributed by atoms with van der Waals surface area (Å²) in [5.74, 6) is 3.78. The van der Waals surface area contributed by atoms with Crippen molar-refractivity contribution in [1.82, 2.24) is 25.0 Å². The second-order valence-electron chi connectivity index (χ2n) is 6.74. The van der Waals surface area contributed by atoms with Crippen LogP contribution >= 0.6 is 24.8 Å². The van der Waals surface area contributed by atoms with Gasteiger partial charge in [-0.3, -0.25) is 4.90 Å². The first-order valence-electron chi connectivity index (χ1n) is 8.73. The number of hydrogen-bond donors (Lipinski definition) is 1. The average Bonchev–Trinajstić information content (AvgIpc) is 3.40. The van der Waals surface area contributed by atoms with Crippen molar-refractivity contribution < 1.29 is 4.74 Å². The molecule has 0 radical (unpaired) electrons. The third-order valence-corrected chi connectivity index (χ3v) is 5.14. The molecule has 1 unspecified atom stereocenters. The molecule has 1 N–H and O–H groups in total. The van der Waals surface area contributed by atoms with Crippen molar-refractivity contribution in [3.8, 4) is 5.75 Å². The molecule has 2 aromatic rings. The minimum Gasteiger partial charge on any atom is -0.496 e. The molecule has 6 nitrogen and oxygen atoms in total. The van der Waals surface area contributed by atoms with E-state index in [1.165, 1.54) is 18.4 Å². The number of ether oxygens (including phenoxy) is 1. The molecule has 1 aliphatic carbocycles. The number of benzene rings is 1. The van der Waals surface area contributed by atoms with Gasteiger partial charge in [0.2, 0.25) is 0 Å². The first-order valence-corrected chi connectivity index (χ1v) is 8.73. The summed E-state index contributed by atoms with van der Waals surface area (Å²) < 4.78 is 7.77. The Labute approximate surface area is 167 Å². The molecule has 8 heteroatoms. The fourth-order valence-electron chi connectivity index (χ4n) is 3.58. The normalized spacial score (nSPS) is 20.2. The number of nitrogens with one attached hydrogen (secondary N) is 1. The molecule has 144 valence electrons. The maximum absolute atomic E-state index is 5.58. The maximum atomic E-state index is 5.58. The van der Waals surface area contributed by atoms with E-state index in [0.717, 1.165) is 43.6 Å². The highest BCUT2D eigenvalue weighted by Gasteiger charge is 2.31. The highest BCUT2D eigenvalue weighted by atomic mass is 35.5. The minimum absolute atomic E-state index is 0. The third kappa shape index (κ3) is 4.14. The van der Waals surface area contributed by atoms with Crippen molar-refractivity contribution >= 4 is 24.8 Å². The Hall–Kier alpha value is -1.34. The van der Waals surface area contributed by atoms with Gasteiger partial charge in [-0.05, 0) is 18.9 Å². The Bertz CT molecular complexity index is 719. The molecule has 0 spiro atoms. The standard InChI is InChI=1S/C18H25N5O.2ClH/c1-22-17(20-21-18(22)13-7-8-13)12-23-10-9-19-11-15(23)14-5-3-4-6-16(14)24-2;;/h3-6,13,15,19H,7-12H2,1-2H3;2*1H. The van der Waals surface area contributed by atoms with Gasteiger partial charge in [-0.2, -0.15) is 0 Å². The van der Waals surface area contributed by atoms with Gasteiger partial charge in [0.05, 0.1) is 19.7 Å². The van der Waals surface area contributed by atoms with Crippen molar-refractivity contribution in [3.05, 3.63) is 41.5 Å². The van der Waals surface area contributed by atoms with E-state index >= 15 is 0 Å². The predicted octanol–water partition coefficient (Wildman–Crippen LogP) is 2.69. The van der Waals surface area contributed by atoms with Crippen LogP contribution in [0.1, 0.15) is 42.0 Å². The molecular formula is C18H27Cl2N5O. The zero-order chi connectivity index (χ0) is 16.5. The Morgan fingerprint density at radius 3 is 2.69 bits per heavy atom. The van der Waals surface area contributed by atoms with Crippen molar-refractivity contribution in [1.29, 1.82) is 0 Å². The molecule has 2 fully saturated rings. The number of rotatable bonds is 5. The van der Waals surface area contributed by atoms with Crippen LogP contribution in [0.3, 0.4) is 0 Å². The highest BCUT2D eigenvalue weighted by molar-refractivity contribution is 5.85. The van der Waals surface area contributed by atoms with Crippen molar-refractivity contribution in [2.75, 3.05) is 26.7 Å². The van der Waals surface area contributed by atoms with Gasteiger partial charge in [0.1, 0.15) is 17.4 Å². The molecule has 0 bridgehead atoms. The summed E-state index contributed by atoms with van der Waals surface area (Å²) in [4.78, 5) is 2.48. The Morgan fingerprint density at radius 1 is 1.19 bits per heavy atom. The molecule has 1 aromatic heterocycles. The lowest BCUT2D eigenvalue weighted by atomic mass is 10.0. The first kappa shape index (κ1) is 21.0. The Kier molecular flexibility index (Phi) is 7.29. The van der Waals surface area contributed by atoms with Crippen LogP contribution < -0.4 is 10.1 Å². The second kappa shape index (κ2) is 9.04. The molecule has 26 heavy (non-hydrogen) atoms. The first-order chi connectivity index (χ1) is 11.8. The third-order valence-electron chi connectivity index (χ3n) is 5.14. The summed E-state index contributed by atoms with van der Waals surface area (Å²) in [6, 6.07) is 8.59. The number of nitrogens with zero attached hydrogens (tertiary/aromatic N) is 4. The van der Waals surface area contributed by atoms with E-state index in [9.17, 15) is 0 Å². The molecule has 1 saturated heterocycles. The van der Waals surface area contributed by atoms with E-state index in [0.29, 0.717) is 5.92 Å². The maximum Gasteiger partial charge on any atom is 0.146 e. The summed E-state index contributed by atoms with van der Waals surface area (Å²) in [5.41, 5.74) is 1.23. The van der Waals surface area contributed by atoms with Crippen molar-refractivity contribution in [2.24, 2.45) is 7.05 Å². The molecule has 2 heterocycles. The summed E-state index contributed by atoms with van der Waals surface area (Å²) in [7, 11) is 3.84. The number of methoxy groups -OCH3 is 1. The molecule has 1 aromatic carbocycles. The minimum atomic E-state index is 0. The molecule has 1 aliphatic heterocycles. The van der Waals surface area contributed by atoms with Crippen LogP contribution in [0, 0.1) is 0 Å². The lowest BCUT2D eigenvalue weighted by Crippen LogP contribution is -2.45. The van der Waals surface area contributed by atoms with Crippen LogP contribution in [0.15, 0.2) is 24.3 Å². The van der Waals surface area contributed by atoms with Crippen LogP contribution in [0.2, 0.25) is 0 Å². The lowest BCUT2D eigenvalue weighted by Gasteiger charge is -2.36. The van der Waals surface area contributed by atoms with Crippen LogP contribution in [-0.2, 0) is 13.6 Å². The van der Waals surface area contributed by atoms with Crippen molar-refractivity contribution in [2.45, 2.75) is 31.3 Å². The van der Waals surface area contributed by atoms with E-state index in [1.807, 2.05) is 12.1 Å². The highest BCUT2D eigenvalue weighted by Crippen LogP contribution is 2.39. The zero-order valence-electron chi connectivity index (χ0n) is 15.2. The topological polar surface area (TPSA) is 55.2 Å². The van der Waals surface area contributed by atoms with Crippen LogP contribution in [0.25, 0.3) is 0 Å². The van der Waals surface area contributed by atoms with Gasteiger partial charge < -0.3 is 14.6 Å². The summed E-state index contributed by atoms with van der Waals surface area (Å²) >= 11 is 0. The quantitative estimate of drug-likeness (QED) is 0.837. The van der Waals surface area contributed by atoms with E-state index in [-0.39, 0.29) is 30.9 Å². The molecule has 2 aliphatic rings. The summed E-state index contributed by atoms with van der Waals surface area (Å²) in [5, 5.41) is 12.4. The van der Waals surface area contributed by atoms with Crippen LogP contribution in [-0.4, -0.2) is 46.4 Å². The van der Waals surface area contributed by atoms with Crippen LogP contribution in [0.4, 0.5) is 0 Å². The summed E-state index contributed by atoms with van der Waals surface area (Å²) in [6.07, 6.45) is 2.51. The van der Waals surface area contributed by atoms with Gasteiger partial charge in [0, 0.05) is 38.2 Å². The summed E-state index contributed by atoms with van der Waals surface area (Å²) in [6.45, 7) is 3.74. The number of aromatic nitrogens is 3. The largest absolute Gasteiger partial charge is 0.496 e. The fraction of sp³-hybridized carbons (Fsp3) is 0.556. The second-order valence-corrected chi connectivity index (χ2v) is 6.74. The van der Waals surface area contributed by atoms with Gasteiger partial charge >= 0.3 is 0 Å². The number of hydrogen-bond acceptors (Lipinski definition) is 5. The van der Waals surface area contributed by atoms with Crippen LogP contribution in [0.5, 0.6) is 5.75 Å². The fourth-order valence-corrected chi connectivity index (χ4v) is 3.58. The average molecular weight is 400 g/mol. The monoisotopic (exact) mass is 399 g/mol. The van der Waals surface area contributed by atoms with Crippen molar-refractivity contribution in [3.63, 3.8) is 0 Å².